The van der Waals surface area contributed by atoms with Gasteiger partial charge in [-0.1, -0.05) is 18.2 Å². The van der Waals surface area contributed by atoms with E-state index in [0.717, 1.165) is 19.3 Å². The van der Waals surface area contributed by atoms with Gasteiger partial charge in [-0.25, -0.2) is 0 Å². The Balaban J connectivity index is 2.36. The Labute approximate surface area is 78.2 Å². The van der Waals surface area contributed by atoms with Crippen molar-refractivity contribution in [1.29, 1.82) is 0 Å². The summed E-state index contributed by atoms with van der Waals surface area (Å²) in [6.07, 6.45) is 1.95. The molecule has 13 heavy (non-hydrogen) atoms. The van der Waals surface area contributed by atoms with E-state index < -0.39 is 0 Å². The van der Waals surface area contributed by atoms with Crippen molar-refractivity contribution in [3.63, 3.8) is 0 Å². The highest BCUT2D eigenvalue weighted by Gasteiger charge is 2.20. The lowest BCUT2D eigenvalue weighted by Gasteiger charge is -2.30. The van der Waals surface area contributed by atoms with Crippen molar-refractivity contribution in [2.24, 2.45) is 5.92 Å². The SMILES string of the molecule is CN1CC(C=O)Cc2ccccc21. The lowest BCUT2D eigenvalue weighted by Crippen LogP contribution is -2.32. The van der Waals surface area contributed by atoms with E-state index in [9.17, 15) is 4.79 Å². The molecule has 0 saturated carbocycles. The topological polar surface area (TPSA) is 20.3 Å². The van der Waals surface area contributed by atoms with Gasteiger partial charge in [0.1, 0.15) is 6.29 Å². The highest BCUT2D eigenvalue weighted by atomic mass is 16.1. The fraction of sp³-hybridized carbons (Fsp3) is 0.364. The largest absolute Gasteiger partial charge is 0.374 e. The molecule has 1 atom stereocenters. The summed E-state index contributed by atoms with van der Waals surface area (Å²) < 4.78 is 0. The molecule has 0 radical (unpaired) electrons. The van der Waals surface area contributed by atoms with Crippen molar-refractivity contribution in [2.75, 3.05) is 18.5 Å². The van der Waals surface area contributed by atoms with E-state index in [4.69, 9.17) is 0 Å². The number of hydrogen-bond donors (Lipinski definition) is 0. The van der Waals surface area contributed by atoms with Crippen LogP contribution < -0.4 is 4.90 Å². The molecule has 0 saturated heterocycles. The Morgan fingerprint density at radius 2 is 2.23 bits per heavy atom. The zero-order valence-corrected chi connectivity index (χ0v) is 7.73. The molecule has 1 aliphatic rings. The minimum atomic E-state index is 0.167. The molecule has 0 N–H and O–H groups in total. The predicted octanol–water partition coefficient (Wildman–Crippen LogP) is 1.49. The van der Waals surface area contributed by atoms with Crippen LogP contribution >= 0.6 is 0 Å². The van der Waals surface area contributed by atoms with Crippen molar-refractivity contribution < 1.29 is 4.79 Å². The number of carbonyl (C=O) groups excluding carboxylic acids is 1. The molecular weight excluding hydrogens is 162 g/mol. The maximum atomic E-state index is 10.7. The van der Waals surface area contributed by atoms with Gasteiger partial charge in [0.2, 0.25) is 0 Å². The normalized spacial score (nSPS) is 21.0. The summed E-state index contributed by atoms with van der Waals surface area (Å²) in [4.78, 5) is 12.8. The molecule has 0 aromatic heterocycles. The van der Waals surface area contributed by atoms with Crippen LogP contribution in [-0.2, 0) is 11.2 Å². The van der Waals surface area contributed by atoms with E-state index in [1.807, 2.05) is 19.2 Å². The summed E-state index contributed by atoms with van der Waals surface area (Å²) in [5, 5.41) is 0. The molecule has 68 valence electrons. The number of nitrogens with zero attached hydrogens (tertiary/aromatic N) is 1. The number of benzene rings is 1. The van der Waals surface area contributed by atoms with Crippen LogP contribution in [0, 0.1) is 5.92 Å². The highest BCUT2D eigenvalue weighted by Crippen LogP contribution is 2.27. The van der Waals surface area contributed by atoms with E-state index >= 15 is 0 Å². The Kier molecular flexibility index (Phi) is 2.05. The first-order valence-corrected chi connectivity index (χ1v) is 4.55. The molecule has 0 fully saturated rings. The molecule has 1 aliphatic heterocycles. The van der Waals surface area contributed by atoms with Gasteiger partial charge in [-0.3, -0.25) is 0 Å². The quantitative estimate of drug-likeness (QED) is 0.603. The van der Waals surface area contributed by atoms with Crippen LogP contribution in [0.4, 0.5) is 5.69 Å². The fourth-order valence-electron chi connectivity index (χ4n) is 1.94. The molecule has 0 amide bonds. The fourth-order valence-corrected chi connectivity index (χ4v) is 1.94. The first-order valence-electron chi connectivity index (χ1n) is 4.55. The zero-order chi connectivity index (χ0) is 9.26. The van der Waals surface area contributed by atoms with Crippen molar-refractivity contribution >= 4 is 12.0 Å². The Morgan fingerprint density at radius 3 is 3.00 bits per heavy atom. The van der Waals surface area contributed by atoms with Gasteiger partial charge in [-0.15, -0.1) is 0 Å². The lowest BCUT2D eigenvalue weighted by atomic mass is 9.94. The third-order valence-electron chi connectivity index (χ3n) is 2.59. The molecule has 1 heterocycles. The monoisotopic (exact) mass is 175 g/mol. The number of para-hydroxylation sites is 1. The average Bonchev–Trinajstić information content (AvgIpc) is 2.18. The van der Waals surface area contributed by atoms with Crippen LogP contribution in [0.1, 0.15) is 5.56 Å². The van der Waals surface area contributed by atoms with Gasteiger partial charge < -0.3 is 9.69 Å². The van der Waals surface area contributed by atoms with E-state index in [1.165, 1.54) is 11.3 Å². The maximum Gasteiger partial charge on any atom is 0.125 e. The van der Waals surface area contributed by atoms with E-state index in [-0.39, 0.29) is 5.92 Å². The Hall–Kier alpha value is -1.31. The third-order valence-corrected chi connectivity index (χ3v) is 2.59. The smallest absolute Gasteiger partial charge is 0.125 e. The summed E-state index contributed by atoms with van der Waals surface area (Å²) in [6.45, 7) is 0.848. The van der Waals surface area contributed by atoms with Crippen molar-refractivity contribution in [3.05, 3.63) is 29.8 Å². The predicted molar refractivity (Wildman–Crippen MR) is 53.0 cm³/mol. The van der Waals surface area contributed by atoms with E-state index in [0.29, 0.717) is 0 Å². The maximum absolute atomic E-state index is 10.7. The van der Waals surface area contributed by atoms with Crippen LogP contribution in [0.15, 0.2) is 24.3 Å². The number of rotatable bonds is 1. The van der Waals surface area contributed by atoms with Crippen LogP contribution in [0.25, 0.3) is 0 Å². The first-order chi connectivity index (χ1) is 6.31. The second kappa shape index (κ2) is 3.21. The van der Waals surface area contributed by atoms with Crippen LogP contribution in [-0.4, -0.2) is 19.9 Å². The van der Waals surface area contributed by atoms with Gasteiger partial charge in [-0.05, 0) is 18.1 Å². The zero-order valence-electron chi connectivity index (χ0n) is 7.73. The minimum absolute atomic E-state index is 0.167. The minimum Gasteiger partial charge on any atom is -0.374 e. The van der Waals surface area contributed by atoms with Crippen molar-refractivity contribution in [1.82, 2.24) is 0 Å². The molecule has 0 spiro atoms. The standard InChI is InChI=1S/C11H13NO/c1-12-7-9(8-13)6-10-4-2-3-5-11(10)12/h2-5,8-9H,6-7H2,1H3. The van der Waals surface area contributed by atoms with Gasteiger partial charge in [0, 0.05) is 25.2 Å². The molecule has 2 rings (SSSR count). The van der Waals surface area contributed by atoms with Crippen molar-refractivity contribution in [3.8, 4) is 0 Å². The molecule has 0 bridgehead atoms. The van der Waals surface area contributed by atoms with Crippen LogP contribution in [0.5, 0.6) is 0 Å². The summed E-state index contributed by atoms with van der Waals surface area (Å²) >= 11 is 0. The molecule has 1 aromatic carbocycles. The number of fused-ring (bicyclic) bond motifs is 1. The molecule has 2 heteroatoms. The molecule has 0 aliphatic carbocycles. The lowest BCUT2D eigenvalue weighted by molar-refractivity contribution is -0.110. The van der Waals surface area contributed by atoms with Crippen LogP contribution in [0.2, 0.25) is 0 Å². The van der Waals surface area contributed by atoms with E-state index in [1.54, 1.807) is 0 Å². The summed E-state index contributed by atoms with van der Waals surface area (Å²) in [5.74, 6) is 0.167. The Morgan fingerprint density at radius 1 is 1.46 bits per heavy atom. The van der Waals surface area contributed by atoms with Gasteiger partial charge in [0.05, 0.1) is 0 Å². The van der Waals surface area contributed by atoms with Gasteiger partial charge >= 0.3 is 0 Å². The molecule has 1 unspecified atom stereocenters. The van der Waals surface area contributed by atoms with Crippen molar-refractivity contribution in [2.45, 2.75) is 6.42 Å². The third kappa shape index (κ3) is 1.44. The second-order valence-electron chi connectivity index (χ2n) is 3.61. The average molecular weight is 175 g/mol. The van der Waals surface area contributed by atoms with Gasteiger partial charge in [0.25, 0.3) is 0 Å². The second-order valence-corrected chi connectivity index (χ2v) is 3.61. The summed E-state index contributed by atoms with van der Waals surface area (Å²) in [6, 6.07) is 8.27. The summed E-state index contributed by atoms with van der Waals surface area (Å²) in [5.41, 5.74) is 2.55. The molecular formula is C11H13NO. The highest BCUT2D eigenvalue weighted by molar-refractivity contribution is 5.63. The number of carbonyl (C=O) groups is 1. The summed E-state index contributed by atoms with van der Waals surface area (Å²) in [7, 11) is 2.04. The number of aldehydes is 1. The van der Waals surface area contributed by atoms with Gasteiger partial charge in [0.15, 0.2) is 0 Å². The Bertz CT molecular complexity index is 322. The number of hydrogen-bond acceptors (Lipinski definition) is 2. The molecule has 1 aromatic rings. The van der Waals surface area contributed by atoms with Crippen LogP contribution in [0.3, 0.4) is 0 Å². The number of anilines is 1. The molecule has 2 nitrogen and oxygen atoms in total. The van der Waals surface area contributed by atoms with E-state index in [2.05, 4.69) is 17.0 Å². The first kappa shape index (κ1) is 8.30. The van der Waals surface area contributed by atoms with Gasteiger partial charge in [-0.2, -0.15) is 0 Å².